The van der Waals surface area contributed by atoms with Crippen LogP contribution in [0.5, 0.6) is 0 Å². The van der Waals surface area contributed by atoms with Gasteiger partial charge in [-0.25, -0.2) is 0 Å². The van der Waals surface area contributed by atoms with Gasteiger partial charge in [-0.05, 0) is 12.8 Å². The molecule has 3 nitrogen and oxygen atoms in total. The number of carbonyl (C=O) groups is 1. The molecule has 0 aliphatic heterocycles. The first-order valence-corrected chi connectivity index (χ1v) is 4.66. The Labute approximate surface area is 74.3 Å². The number of unbranched alkanes of at least 4 members (excludes halogenated alkanes) is 4. The largest absolute Gasteiger partial charge is 0.449 e. The first-order valence-electron chi connectivity index (χ1n) is 4.66. The number of hydrogen-bond donors (Lipinski definition) is 1. The van der Waals surface area contributed by atoms with Crippen molar-refractivity contribution in [2.24, 2.45) is 5.73 Å². The molecule has 1 atom stereocenters. The molecule has 0 saturated heterocycles. The number of hydrogen-bond acceptors (Lipinski definition) is 3. The van der Waals surface area contributed by atoms with Crippen molar-refractivity contribution >= 4 is 6.47 Å². The molecule has 0 aromatic rings. The number of rotatable bonds is 8. The minimum Gasteiger partial charge on any atom is -0.449 e. The second-order valence-corrected chi connectivity index (χ2v) is 2.97. The molecule has 1 unspecified atom stereocenters. The molecule has 3 heteroatoms. The van der Waals surface area contributed by atoms with Crippen molar-refractivity contribution in [1.29, 1.82) is 0 Å². The van der Waals surface area contributed by atoms with Gasteiger partial charge in [0.2, 0.25) is 0 Å². The first kappa shape index (κ1) is 11.4. The highest BCUT2D eigenvalue weighted by molar-refractivity contribution is 5.37. The second-order valence-electron chi connectivity index (χ2n) is 2.97. The fourth-order valence-corrected chi connectivity index (χ4v) is 1.09. The van der Waals surface area contributed by atoms with Crippen LogP contribution in [0.1, 0.15) is 45.4 Å². The third-order valence-corrected chi connectivity index (χ3v) is 1.82. The van der Waals surface area contributed by atoms with E-state index in [4.69, 9.17) is 5.73 Å². The van der Waals surface area contributed by atoms with Crippen molar-refractivity contribution in [3.05, 3.63) is 0 Å². The van der Waals surface area contributed by atoms with Crippen molar-refractivity contribution in [3.8, 4) is 0 Å². The SMILES string of the molecule is CCCCCCCC(N)OC=O. The van der Waals surface area contributed by atoms with E-state index in [1.54, 1.807) is 0 Å². The highest BCUT2D eigenvalue weighted by Gasteiger charge is 2.00. The average Bonchev–Trinajstić information content (AvgIpc) is 2.05. The Morgan fingerprint density at radius 1 is 1.33 bits per heavy atom. The minimum atomic E-state index is -0.399. The lowest BCUT2D eigenvalue weighted by Crippen LogP contribution is -2.22. The van der Waals surface area contributed by atoms with E-state index in [1.807, 2.05) is 0 Å². The van der Waals surface area contributed by atoms with E-state index >= 15 is 0 Å². The first-order chi connectivity index (χ1) is 5.81. The van der Waals surface area contributed by atoms with Crippen molar-refractivity contribution < 1.29 is 9.53 Å². The Bertz CT molecular complexity index is 107. The summed E-state index contributed by atoms with van der Waals surface area (Å²) in [6.45, 7) is 2.60. The number of nitrogens with two attached hydrogens (primary N) is 1. The van der Waals surface area contributed by atoms with E-state index in [9.17, 15) is 4.79 Å². The molecule has 0 aromatic heterocycles. The topological polar surface area (TPSA) is 52.3 Å². The van der Waals surface area contributed by atoms with Gasteiger partial charge < -0.3 is 4.74 Å². The van der Waals surface area contributed by atoms with Crippen molar-refractivity contribution in [1.82, 2.24) is 0 Å². The highest BCUT2D eigenvalue weighted by atomic mass is 16.5. The van der Waals surface area contributed by atoms with Crippen LogP contribution in [-0.2, 0) is 9.53 Å². The Morgan fingerprint density at radius 3 is 2.58 bits per heavy atom. The van der Waals surface area contributed by atoms with Gasteiger partial charge in [-0.3, -0.25) is 10.5 Å². The zero-order chi connectivity index (χ0) is 9.23. The fraction of sp³-hybridized carbons (Fsp3) is 0.889. The highest BCUT2D eigenvalue weighted by Crippen LogP contribution is 2.06. The number of ether oxygens (including phenoxy) is 1. The van der Waals surface area contributed by atoms with Crippen LogP contribution < -0.4 is 5.73 Å². The predicted octanol–water partition coefficient (Wildman–Crippen LogP) is 1.80. The van der Waals surface area contributed by atoms with Gasteiger partial charge in [0.1, 0.15) is 0 Å². The number of carbonyl (C=O) groups excluding carboxylic acids is 1. The van der Waals surface area contributed by atoms with E-state index < -0.39 is 6.23 Å². The van der Waals surface area contributed by atoms with E-state index in [-0.39, 0.29) is 0 Å². The van der Waals surface area contributed by atoms with Crippen LogP contribution in [-0.4, -0.2) is 12.7 Å². The molecule has 0 aromatic carbocycles. The molecule has 0 spiro atoms. The minimum absolute atomic E-state index is 0.399. The molecular weight excluding hydrogens is 154 g/mol. The van der Waals surface area contributed by atoms with Gasteiger partial charge in [0.05, 0.1) is 0 Å². The van der Waals surface area contributed by atoms with Gasteiger partial charge >= 0.3 is 0 Å². The summed E-state index contributed by atoms with van der Waals surface area (Å²) in [6.07, 6.45) is 6.40. The Kier molecular flexibility index (Phi) is 8.12. The van der Waals surface area contributed by atoms with E-state index in [2.05, 4.69) is 11.7 Å². The normalized spacial score (nSPS) is 12.5. The third kappa shape index (κ3) is 7.54. The predicted molar refractivity (Wildman–Crippen MR) is 48.5 cm³/mol. The molecule has 0 saturated carbocycles. The second kappa shape index (κ2) is 8.53. The van der Waals surface area contributed by atoms with Crippen LogP contribution in [0.15, 0.2) is 0 Å². The molecule has 72 valence electrons. The molecule has 0 aliphatic rings. The lowest BCUT2D eigenvalue weighted by Gasteiger charge is -2.07. The maximum atomic E-state index is 9.85. The van der Waals surface area contributed by atoms with Crippen LogP contribution in [0.25, 0.3) is 0 Å². The van der Waals surface area contributed by atoms with Crippen LogP contribution >= 0.6 is 0 Å². The monoisotopic (exact) mass is 173 g/mol. The molecule has 0 radical (unpaired) electrons. The van der Waals surface area contributed by atoms with Gasteiger partial charge in [0.25, 0.3) is 6.47 Å². The molecule has 2 N–H and O–H groups in total. The van der Waals surface area contributed by atoms with Crippen molar-refractivity contribution in [2.75, 3.05) is 0 Å². The molecular formula is C9H19NO2. The summed E-state index contributed by atoms with van der Waals surface area (Å²) >= 11 is 0. The molecule has 0 amide bonds. The summed E-state index contributed by atoms with van der Waals surface area (Å²) in [5.74, 6) is 0. The smallest absolute Gasteiger partial charge is 0.294 e. The van der Waals surface area contributed by atoms with Gasteiger partial charge in [0, 0.05) is 0 Å². The maximum absolute atomic E-state index is 9.85. The van der Waals surface area contributed by atoms with Gasteiger partial charge in [-0.2, -0.15) is 0 Å². The van der Waals surface area contributed by atoms with E-state index in [0.29, 0.717) is 6.47 Å². The van der Waals surface area contributed by atoms with Crippen molar-refractivity contribution in [2.45, 2.75) is 51.7 Å². The summed E-state index contributed by atoms with van der Waals surface area (Å²) < 4.78 is 4.55. The molecule has 12 heavy (non-hydrogen) atoms. The fourth-order valence-electron chi connectivity index (χ4n) is 1.09. The van der Waals surface area contributed by atoms with Crippen LogP contribution in [0.3, 0.4) is 0 Å². The third-order valence-electron chi connectivity index (χ3n) is 1.82. The summed E-state index contributed by atoms with van der Waals surface area (Å²) in [5, 5.41) is 0. The summed E-state index contributed by atoms with van der Waals surface area (Å²) in [4.78, 5) is 9.85. The van der Waals surface area contributed by atoms with Gasteiger partial charge in [-0.1, -0.05) is 32.6 Å². The lowest BCUT2D eigenvalue weighted by molar-refractivity contribution is -0.133. The molecule has 0 heterocycles. The van der Waals surface area contributed by atoms with Gasteiger partial charge in [0.15, 0.2) is 6.23 Å². The van der Waals surface area contributed by atoms with E-state index in [1.165, 1.54) is 25.7 Å². The molecule has 0 rings (SSSR count). The van der Waals surface area contributed by atoms with Crippen LogP contribution in [0, 0.1) is 0 Å². The summed E-state index contributed by atoms with van der Waals surface area (Å²) in [5.41, 5.74) is 5.45. The zero-order valence-electron chi connectivity index (χ0n) is 7.79. The Morgan fingerprint density at radius 2 is 2.00 bits per heavy atom. The average molecular weight is 173 g/mol. The molecule has 0 bridgehead atoms. The van der Waals surface area contributed by atoms with Crippen molar-refractivity contribution in [3.63, 3.8) is 0 Å². The van der Waals surface area contributed by atoms with Crippen LogP contribution in [0.4, 0.5) is 0 Å². The Balaban J connectivity index is 3.02. The standard InChI is InChI=1S/C9H19NO2/c1-2-3-4-5-6-7-9(10)12-8-11/h8-9H,2-7,10H2,1H3. The summed E-state index contributed by atoms with van der Waals surface area (Å²) in [7, 11) is 0. The molecule has 0 aliphatic carbocycles. The molecule has 0 fully saturated rings. The summed E-state index contributed by atoms with van der Waals surface area (Å²) in [6, 6.07) is 0. The maximum Gasteiger partial charge on any atom is 0.294 e. The van der Waals surface area contributed by atoms with Gasteiger partial charge in [-0.15, -0.1) is 0 Å². The van der Waals surface area contributed by atoms with Crippen LogP contribution in [0.2, 0.25) is 0 Å². The van der Waals surface area contributed by atoms with E-state index in [0.717, 1.165) is 12.8 Å². The lowest BCUT2D eigenvalue weighted by atomic mass is 10.1. The Hall–Kier alpha value is -0.570. The quantitative estimate of drug-likeness (QED) is 0.346. The zero-order valence-corrected chi connectivity index (χ0v) is 7.79.